The molecule has 3 N–H and O–H groups in total. The summed E-state index contributed by atoms with van der Waals surface area (Å²) in [4.78, 5) is 0. The normalized spacial score (nSPS) is 33.5. The monoisotopic (exact) mass is 439 g/mol. The van der Waals surface area contributed by atoms with Crippen molar-refractivity contribution in [1.82, 2.24) is 0 Å². The second-order valence-electron chi connectivity index (χ2n) is 9.63. The number of benzene rings is 2. The van der Waals surface area contributed by atoms with Crippen molar-refractivity contribution in [3.8, 4) is 5.75 Å². The highest BCUT2D eigenvalue weighted by molar-refractivity contribution is 7.84. The smallest absolute Gasteiger partial charge is 0.380 e. The molecule has 0 spiro atoms. The molecule has 2 saturated carbocycles. The first-order chi connectivity index (χ1) is 14.7. The van der Waals surface area contributed by atoms with Crippen molar-refractivity contribution >= 4 is 16.4 Å². The topological polar surface area (TPSA) is 89.6 Å². The minimum atomic E-state index is -4.02. The van der Waals surface area contributed by atoms with E-state index in [2.05, 4.69) is 25.1 Å². The van der Waals surface area contributed by atoms with Gasteiger partial charge >= 0.3 is 10.3 Å². The third-order valence-corrected chi connectivity index (χ3v) is 8.36. The second kappa shape index (κ2) is 7.47. The molecule has 0 amide bonds. The van der Waals surface area contributed by atoms with Gasteiger partial charge in [0.25, 0.3) is 0 Å². The highest BCUT2D eigenvalue weighted by Gasteiger charge is 2.56. The van der Waals surface area contributed by atoms with Crippen LogP contribution in [-0.2, 0) is 16.7 Å². The zero-order chi connectivity index (χ0) is 21.8. The highest BCUT2D eigenvalue weighted by Crippen LogP contribution is 2.62. The van der Waals surface area contributed by atoms with E-state index in [1.54, 1.807) is 6.07 Å². The molecule has 31 heavy (non-hydrogen) atoms. The Morgan fingerprint density at radius 2 is 1.94 bits per heavy atom. The van der Waals surface area contributed by atoms with Crippen molar-refractivity contribution in [2.45, 2.75) is 51.0 Å². The molecule has 0 aromatic heterocycles. The van der Waals surface area contributed by atoms with E-state index in [0.717, 1.165) is 48.8 Å². The van der Waals surface area contributed by atoms with Gasteiger partial charge in [0.2, 0.25) is 0 Å². The third-order valence-electron chi connectivity index (χ3n) is 7.93. The van der Waals surface area contributed by atoms with Crippen LogP contribution in [0.15, 0.2) is 54.1 Å². The summed E-state index contributed by atoms with van der Waals surface area (Å²) in [6.45, 7) is 2.27. The summed E-state index contributed by atoms with van der Waals surface area (Å²) >= 11 is 0. The van der Waals surface area contributed by atoms with E-state index >= 15 is 0 Å². The lowest BCUT2D eigenvalue weighted by Gasteiger charge is -2.49. The van der Waals surface area contributed by atoms with Gasteiger partial charge in [-0.2, -0.15) is 13.6 Å². The van der Waals surface area contributed by atoms with Gasteiger partial charge in [0, 0.05) is 5.41 Å². The van der Waals surface area contributed by atoms with Crippen LogP contribution in [0.2, 0.25) is 0 Å². The van der Waals surface area contributed by atoms with E-state index in [0.29, 0.717) is 17.8 Å². The molecule has 2 aromatic rings. The standard InChI is InChI=1S/C25H29NO4S/c1-25-12-11-21-20-10-8-19(30-31(26,28)29)14-17(20)7-9-22(21)23(25)15-18(24(25)27)13-16-5-3-2-4-6-16/h2-6,8,10,13-14,21-24,27H,7,9,11-12,15H2,1H3,(H2,26,28,29)/b18-13+/t21?,22?,23?,24-,25-/m0/s1. The van der Waals surface area contributed by atoms with Gasteiger partial charge in [-0.25, -0.2) is 0 Å². The molecule has 5 rings (SSSR count). The van der Waals surface area contributed by atoms with Gasteiger partial charge in [-0.3, -0.25) is 0 Å². The Kier molecular flexibility index (Phi) is 5.00. The summed E-state index contributed by atoms with van der Waals surface area (Å²) in [5.74, 6) is 1.69. The predicted octanol–water partition coefficient (Wildman–Crippen LogP) is 4.18. The van der Waals surface area contributed by atoms with Gasteiger partial charge < -0.3 is 9.29 Å². The van der Waals surface area contributed by atoms with Crippen molar-refractivity contribution in [2.24, 2.45) is 22.4 Å². The van der Waals surface area contributed by atoms with Crippen molar-refractivity contribution in [3.63, 3.8) is 0 Å². The first-order valence-electron chi connectivity index (χ1n) is 11.0. The average molecular weight is 440 g/mol. The van der Waals surface area contributed by atoms with Crippen molar-refractivity contribution in [1.29, 1.82) is 0 Å². The molecule has 0 aliphatic heterocycles. The van der Waals surface area contributed by atoms with Gasteiger partial charge in [0.05, 0.1) is 6.10 Å². The molecule has 3 aliphatic rings. The SMILES string of the molecule is C[C@]12CCC3c4ccc(OS(N)(=O)=O)cc4CCC3C1C/C(=C\c1ccccc1)[C@@H]2O. The minimum Gasteiger partial charge on any atom is -0.388 e. The lowest BCUT2D eigenvalue weighted by atomic mass is 9.55. The van der Waals surface area contributed by atoms with Crippen LogP contribution in [0.5, 0.6) is 5.75 Å². The van der Waals surface area contributed by atoms with Crippen LogP contribution in [0.4, 0.5) is 0 Å². The molecular weight excluding hydrogens is 410 g/mol. The summed E-state index contributed by atoms with van der Waals surface area (Å²) in [7, 11) is -4.02. The Morgan fingerprint density at radius 3 is 2.68 bits per heavy atom. The molecule has 5 atom stereocenters. The fourth-order valence-electron chi connectivity index (χ4n) is 6.51. The first kappa shape index (κ1) is 20.7. The quantitative estimate of drug-likeness (QED) is 0.751. The van der Waals surface area contributed by atoms with E-state index in [1.165, 1.54) is 5.56 Å². The molecule has 2 fully saturated rings. The maximum atomic E-state index is 11.3. The van der Waals surface area contributed by atoms with Gasteiger partial charge in [-0.15, -0.1) is 0 Å². The molecule has 6 heteroatoms. The summed E-state index contributed by atoms with van der Waals surface area (Å²) in [5.41, 5.74) is 4.67. The first-order valence-corrected chi connectivity index (χ1v) is 12.5. The van der Waals surface area contributed by atoms with Crippen LogP contribution in [0, 0.1) is 17.3 Å². The molecule has 0 bridgehead atoms. The number of rotatable bonds is 3. The molecule has 0 saturated heterocycles. The number of aryl methyl sites for hydroxylation is 1. The Labute approximate surface area is 184 Å². The lowest BCUT2D eigenvalue weighted by molar-refractivity contribution is -0.0158. The molecule has 164 valence electrons. The van der Waals surface area contributed by atoms with Crippen LogP contribution < -0.4 is 9.32 Å². The largest absolute Gasteiger partial charge is 0.388 e. The van der Waals surface area contributed by atoms with Crippen molar-refractivity contribution < 1.29 is 17.7 Å². The number of hydrogen-bond acceptors (Lipinski definition) is 4. The molecule has 2 aromatic carbocycles. The van der Waals surface area contributed by atoms with E-state index in [4.69, 9.17) is 9.32 Å². The average Bonchev–Trinajstić information content (AvgIpc) is 2.98. The number of fused-ring (bicyclic) bond motifs is 5. The zero-order valence-electron chi connectivity index (χ0n) is 17.7. The fraction of sp³-hybridized carbons (Fsp3) is 0.440. The Bertz CT molecular complexity index is 1130. The summed E-state index contributed by atoms with van der Waals surface area (Å²) in [5, 5.41) is 16.3. The van der Waals surface area contributed by atoms with E-state index in [-0.39, 0.29) is 11.2 Å². The predicted molar refractivity (Wildman–Crippen MR) is 121 cm³/mol. The van der Waals surface area contributed by atoms with Crippen LogP contribution in [0.25, 0.3) is 6.08 Å². The highest BCUT2D eigenvalue weighted by atomic mass is 32.2. The zero-order valence-corrected chi connectivity index (χ0v) is 18.5. The van der Waals surface area contributed by atoms with E-state index < -0.39 is 16.4 Å². The number of aliphatic hydroxyl groups excluding tert-OH is 1. The molecule has 0 radical (unpaired) electrons. The molecule has 5 nitrogen and oxygen atoms in total. The number of nitrogens with two attached hydrogens (primary N) is 1. The van der Waals surface area contributed by atoms with Crippen LogP contribution in [-0.4, -0.2) is 19.6 Å². The maximum absolute atomic E-state index is 11.3. The van der Waals surface area contributed by atoms with Gasteiger partial charge in [-0.05, 0) is 84.3 Å². The lowest BCUT2D eigenvalue weighted by Crippen LogP contribution is -2.44. The van der Waals surface area contributed by atoms with E-state index in [9.17, 15) is 13.5 Å². The summed E-state index contributed by atoms with van der Waals surface area (Å²) < 4.78 is 27.4. The van der Waals surface area contributed by atoms with Gasteiger partial charge in [-0.1, -0.05) is 49.4 Å². The Balaban J connectivity index is 1.43. The molecule has 3 aliphatic carbocycles. The maximum Gasteiger partial charge on any atom is 0.380 e. The molecular formula is C25H29NO4S. The summed E-state index contributed by atoms with van der Waals surface area (Å²) in [6, 6.07) is 15.8. The number of aliphatic hydroxyl groups is 1. The van der Waals surface area contributed by atoms with Gasteiger partial charge in [0.15, 0.2) is 0 Å². The van der Waals surface area contributed by atoms with Crippen molar-refractivity contribution in [3.05, 3.63) is 70.8 Å². The molecule has 0 heterocycles. The second-order valence-corrected chi connectivity index (χ2v) is 10.8. The van der Waals surface area contributed by atoms with Crippen LogP contribution in [0.1, 0.15) is 55.2 Å². The fourth-order valence-corrected chi connectivity index (χ4v) is 6.88. The van der Waals surface area contributed by atoms with Crippen molar-refractivity contribution in [2.75, 3.05) is 0 Å². The van der Waals surface area contributed by atoms with E-state index in [1.807, 2.05) is 30.3 Å². The Hall–Kier alpha value is -2.15. The Morgan fingerprint density at radius 1 is 1.16 bits per heavy atom. The summed E-state index contributed by atoms with van der Waals surface area (Å²) in [6.07, 6.45) is 6.68. The minimum absolute atomic E-state index is 0.0873. The number of hydrogen-bond donors (Lipinski definition) is 2. The van der Waals surface area contributed by atoms with Crippen LogP contribution in [0.3, 0.4) is 0 Å². The molecule has 3 unspecified atom stereocenters. The van der Waals surface area contributed by atoms with Crippen LogP contribution >= 0.6 is 0 Å². The third kappa shape index (κ3) is 3.71. The van der Waals surface area contributed by atoms with Gasteiger partial charge in [0.1, 0.15) is 5.75 Å².